The second-order valence-corrected chi connectivity index (χ2v) is 10.9. The van der Waals surface area contributed by atoms with Gasteiger partial charge < -0.3 is 4.57 Å². The van der Waals surface area contributed by atoms with Crippen molar-refractivity contribution in [3.05, 3.63) is 152 Å². The van der Waals surface area contributed by atoms with Gasteiger partial charge in [0.25, 0.3) is 0 Å². The van der Waals surface area contributed by atoms with E-state index in [9.17, 15) is 0 Å². The lowest BCUT2D eigenvalue weighted by atomic mass is 10.0. The molecular weight excluding hydrogens is 510 g/mol. The molecule has 3 nitrogen and oxygen atoms in total. The number of para-hydroxylation sites is 3. The highest BCUT2D eigenvalue weighted by molar-refractivity contribution is 6.22. The van der Waals surface area contributed by atoms with Gasteiger partial charge in [0.2, 0.25) is 0 Å². The van der Waals surface area contributed by atoms with Crippen LogP contribution in [0.3, 0.4) is 0 Å². The van der Waals surface area contributed by atoms with Crippen molar-refractivity contribution in [2.24, 2.45) is 0 Å². The van der Waals surface area contributed by atoms with Crippen LogP contribution in [0.1, 0.15) is 0 Å². The molecule has 0 atom stereocenters. The number of nitrogens with zero attached hydrogens (tertiary/aromatic N) is 3. The molecule has 0 amide bonds. The second-order valence-electron chi connectivity index (χ2n) is 10.9. The predicted octanol–water partition coefficient (Wildman–Crippen LogP) is 10.1. The Hall–Kier alpha value is -5.67. The average molecular weight is 536 g/mol. The Morgan fingerprint density at radius 1 is 0.405 bits per heavy atom. The molecule has 0 radical (unpaired) electrons. The van der Waals surface area contributed by atoms with E-state index in [0.717, 1.165) is 28.1 Å². The lowest BCUT2D eigenvalue weighted by Crippen LogP contribution is -1.97. The predicted molar refractivity (Wildman–Crippen MR) is 176 cm³/mol. The van der Waals surface area contributed by atoms with Crippen LogP contribution in [-0.4, -0.2) is 14.1 Å². The van der Waals surface area contributed by atoms with Crippen molar-refractivity contribution in [1.82, 2.24) is 14.1 Å². The molecule has 0 fully saturated rings. The molecule has 3 aromatic heterocycles. The zero-order valence-corrected chi connectivity index (χ0v) is 22.8. The summed E-state index contributed by atoms with van der Waals surface area (Å²) in [5.41, 5.74) is 8.19. The first-order chi connectivity index (χ1) is 20.8. The Morgan fingerprint density at radius 3 is 1.81 bits per heavy atom. The Balaban J connectivity index is 1.38. The molecule has 42 heavy (non-hydrogen) atoms. The fraction of sp³-hybridized carbons (Fsp3) is 0. The molecule has 0 bridgehead atoms. The number of aromatic nitrogens is 3. The van der Waals surface area contributed by atoms with Crippen LogP contribution in [0.2, 0.25) is 0 Å². The third-order valence-corrected chi connectivity index (χ3v) is 8.54. The summed E-state index contributed by atoms with van der Waals surface area (Å²) in [7, 11) is 0. The Bertz CT molecular complexity index is 2430. The molecular formula is C39H25N3. The van der Waals surface area contributed by atoms with E-state index in [2.05, 4.69) is 149 Å². The van der Waals surface area contributed by atoms with Crippen LogP contribution in [0.5, 0.6) is 0 Å². The first-order valence-electron chi connectivity index (χ1n) is 14.3. The van der Waals surface area contributed by atoms with Crippen LogP contribution >= 0.6 is 0 Å². The molecule has 0 unspecified atom stereocenters. The van der Waals surface area contributed by atoms with Crippen LogP contribution in [0, 0.1) is 0 Å². The zero-order chi connectivity index (χ0) is 27.6. The van der Waals surface area contributed by atoms with E-state index >= 15 is 0 Å². The number of hydrogen-bond donors (Lipinski definition) is 0. The van der Waals surface area contributed by atoms with Crippen molar-refractivity contribution < 1.29 is 0 Å². The zero-order valence-electron chi connectivity index (χ0n) is 22.8. The van der Waals surface area contributed by atoms with E-state index in [1.165, 1.54) is 48.9 Å². The number of fused-ring (bicyclic) bond motifs is 8. The van der Waals surface area contributed by atoms with E-state index < -0.39 is 0 Å². The van der Waals surface area contributed by atoms with Gasteiger partial charge in [-0.3, -0.25) is 4.57 Å². The van der Waals surface area contributed by atoms with E-state index in [-0.39, 0.29) is 0 Å². The summed E-state index contributed by atoms with van der Waals surface area (Å²) in [5.74, 6) is 0.913. The summed E-state index contributed by atoms with van der Waals surface area (Å²) in [6.45, 7) is 0. The largest absolute Gasteiger partial charge is 0.309 e. The summed E-state index contributed by atoms with van der Waals surface area (Å²) in [6, 6.07) is 52.1. The summed E-state index contributed by atoms with van der Waals surface area (Å²) < 4.78 is 4.73. The summed E-state index contributed by atoms with van der Waals surface area (Å²) in [5, 5.41) is 7.43. The van der Waals surface area contributed by atoms with Crippen molar-refractivity contribution in [3.8, 4) is 22.6 Å². The quantitative estimate of drug-likeness (QED) is 0.221. The standard InChI is InChI=1S/C39H25N3/c1-3-11-26(12-4-1)28-20-22-38(40-25-28)42-36-18-10-8-16-31(36)34-23-27-19-21-32-30-15-7-9-17-35(30)41(29-13-5-2-6-14-29)39(32)33(27)24-37(34)42/h1-25H. The van der Waals surface area contributed by atoms with Crippen molar-refractivity contribution in [2.75, 3.05) is 0 Å². The highest BCUT2D eigenvalue weighted by Crippen LogP contribution is 2.40. The molecule has 0 saturated heterocycles. The third-order valence-electron chi connectivity index (χ3n) is 8.54. The fourth-order valence-electron chi connectivity index (χ4n) is 6.66. The highest BCUT2D eigenvalue weighted by Gasteiger charge is 2.18. The van der Waals surface area contributed by atoms with E-state index in [1.54, 1.807) is 0 Å². The first-order valence-corrected chi connectivity index (χ1v) is 14.3. The van der Waals surface area contributed by atoms with E-state index in [4.69, 9.17) is 4.98 Å². The van der Waals surface area contributed by atoms with Gasteiger partial charge in [-0.25, -0.2) is 4.98 Å². The summed E-state index contributed by atoms with van der Waals surface area (Å²) in [4.78, 5) is 5.00. The number of benzene rings is 6. The average Bonchev–Trinajstić information content (AvgIpc) is 3.57. The molecule has 0 spiro atoms. The van der Waals surface area contributed by atoms with E-state index in [1.807, 2.05) is 12.3 Å². The van der Waals surface area contributed by atoms with Gasteiger partial charge in [0.15, 0.2) is 0 Å². The third kappa shape index (κ3) is 3.31. The molecule has 3 heterocycles. The Morgan fingerprint density at radius 2 is 1.07 bits per heavy atom. The molecule has 0 aliphatic rings. The monoisotopic (exact) mass is 535 g/mol. The SMILES string of the molecule is c1ccc(-c2ccc(-n3c4ccccc4c4cc5ccc6c7ccccc7n(-c7ccccc7)c6c5cc43)nc2)cc1. The molecule has 0 N–H and O–H groups in total. The van der Waals surface area contributed by atoms with Gasteiger partial charge >= 0.3 is 0 Å². The van der Waals surface area contributed by atoms with E-state index in [0.29, 0.717) is 0 Å². The minimum absolute atomic E-state index is 0.913. The lowest BCUT2D eigenvalue weighted by Gasteiger charge is -2.11. The molecule has 9 aromatic rings. The van der Waals surface area contributed by atoms with Gasteiger partial charge in [-0.2, -0.15) is 0 Å². The number of hydrogen-bond acceptors (Lipinski definition) is 1. The van der Waals surface area contributed by atoms with Gasteiger partial charge in [0, 0.05) is 44.4 Å². The van der Waals surface area contributed by atoms with Crippen LogP contribution in [-0.2, 0) is 0 Å². The van der Waals surface area contributed by atoms with Gasteiger partial charge in [-0.05, 0) is 59.5 Å². The molecule has 0 saturated carbocycles. The topological polar surface area (TPSA) is 22.8 Å². The normalized spacial score (nSPS) is 11.8. The van der Waals surface area contributed by atoms with Crippen LogP contribution in [0.4, 0.5) is 0 Å². The van der Waals surface area contributed by atoms with Crippen molar-refractivity contribution in [3.63, 3.8) is 0 Å². The maximum atomic E-state index is 5.00. The minimum atomic E-state index is 0.913. The minimum Gasteiger partial charge on any atom is -0.309 e. The van der Waals surface area contributed by atoms with Crippen LogP contribution in [0.15, 0.2) is 152 Å². The van der Waals surface area contributed by atoms with Crippen LogP contribution < -0.4 is 0 Å². The lowest BCUT2D eigenvalue weighted by molar-refractivity contribution is 1.08. The first kappa shape index (κ1) is 23.1. The number of pyridine rings is 1. The maximum Gasteiger partial charge on any atom is 0.137 e. The van der Waals surface area contributed by atoms with Crippen molar-refractivity contribution >= 4 is 54.4 Å². The maximum absolute atomic E-state index is 5.00. The van der Waals surface area contributed by atoms with Crippen molar-refractivity contribution in [2.45, 2.75) is 0 Å². The van der Waals surface area contributed by atoms with Gasteiger partial charge in [0.05, 0.1) is 22.1 Å². The number of rotatable bonds is 3. The second kappa shape index (κ2) is 8.92. The molecule has 0 aliphatic carbocycles. The van der Waals surface area contributed by atoms with Gasteiger partial charge in [0.1, 0.15) is 5.82 Å². The fourth-order valence-corrected chi connectivity index (χ4v) is 6.66. The van der Waals surface area contributed by atoms with Gasteiger partial charge in [-0.15, -0.1) is 0 Å². The molecule has 9 rings (SSSR count). The Labute approximate surface area is 242 Å². The smallest absolute Gasteiger partial charge is 0.137 e. The Kier molecular flexibility index (Phi) is 4.90. The van der Waals surface area contributed by atoms with Crippen LogP contribution in [0.25, 0.3) is 77.0 Å². The summed E-state index contributed by atoms with van der Waals surface area (Å²) >= 11 is 0. The highest BCUT2D eigenvalue weighted by atomic mass is 15.1. The molecule has 196 valence electrons. The molecule has 3 heteroatoms. The molecule has 6 aromatic carbocycles. The van der Waals surface area contributed by atoms with Crippen molar-refractivity contribution in [1.29, 1.82) is 0 Å². The van der Waals surface area contributed by atoms with Gasteiger partial charge in [-0.1, -0.05) is 97.1 Å². The summed E-state index contributed by atoms with van der Waals surface area (Å²) in [6.07, 6.45) is 1.98. The molecule has 0 aliphatic heterocycles.